The van der Waals surface area contributed by atoms with E-state index in [0.717, 1.165) is 27.5 Å². The first-order valence-electron chi connectivity index (χ1n) is 11.6. The molecule has 170 valence electrons. The number of ketones is 2. The van der Waals surface area contributed by atoms with Gasteiger partial charge in [0.15, 0.2) is 11.6 Å². The first kappa shape index (κ1) is 20.4. The average molecular weight is 466 g/mol. The van der Waals surface area contributed by atoms with Crippen molar-refractivity contribution in [2.45, 2.75) is 0 Å². The SMILES string of the molecule is O=C1C(=Cc2nc3oc(-c4ccccc4)cc3n2-c2ccccc2)C(=O)c2cc3ccccc3cc21. The molecule has 2 heterocycles. The van der Waals surface area contributed by atoms with Gasteiger partial charge in [-0.05, 0) is 41.1 Å². The molecule has 0 radical (unpaired) electrons. The summed E-state index contributed by atoms with van der Waals surface area (Å²) in [6.07, 6.45) is 1.58. The first-order valence-corrected chi connectivity index (χ1v) is 11.6. The maximum absolute atomic E-state index is 13.3. The van der Waals surface area contributed by atoms with Crippen molar-refractivity contribution in [3.8, 4) is 17.0 Å². The highest BCUT2D eigenvalue weighted by Gasteiger charge is 2.34. The third-order valence-corrected chi connectivity index (χ3v) is 6.59. The molecule has 1 aliphatic carbocycles. The monoisotopic (exact) mass is 466 g/mol. The third-order valence-electron chi connectivity index (χ3n) is 6.59. The molecule has 1 aliphatic rings. The molecule has 0 saturated heterocycles. The number of nitrogens with zero attached hydrogens (tertiary/aromatic N) is 2. The van der Waals surface area contributed by atoms with Gasteiger partial charge < -0.3 is 4.42 Å². The van der Waals surface area contributed by atoms with Crippen molar-refractivity contribution in [2.24, 2.45) is 0 Å². The van der Waals surface area contributed by atoms with Crippen molar-refractivity contribution in [2.75, 3.05) is 0 Å². The van der Waals surface area contributed by atoms with E-state index < -0.39 is 0 Å². The smallest absolute Gasteiger partial charge is 0.246 e. The second-order valence-electron chi connectivity index (χ2n) is 8.77. The van der Waals surface area contributed by atoms with Crippen LogP contribution in [0.4, 0.5) is 0 Å². The minimum atomic E-state index is -0.287. The van der Waals surface area contributed by atoms with Crippen molar-refractivity contribution >= 4 is 39.6 Å². The van der Waals surface area contributed by atoms with Gasteiger partial charge in [-0.15, -0.1) is 0 Å². The Balaban J connectivity index is 1.40. The van der Waals surface area contributed by atoms with Crippen LogP contribution >= 0.6 is 0 Å². The molecule has 0 aliphatic heterocycles. The maximum atomic E-state index is 13.3. The van der Waals surface area contributed by atoms with E-state index in [1.807, 2.05) is 95.6 Å². The highest BCUT2D eigenvalue weighted by atomic mass is 16.3. The molecule has 0 bridgehead atoms. The Bertz CT molecular complexity index is 1800. The molecule has 36 heavy (non-hydrogen) atoms. The zero-order chi connectivity index (χ0) is 24.2. The molecular formula is C31H18N2O3. The van der Waals surface area contributed by atoms with Crippen LogP contribution in [0, 0.1) is 0 Å². The molecular weight excluding hydrogens is 448 g/mol. The van der Waals surface area contributed by atoms with Gasteiger partial charge in [-0.3, -0.25) is 14.2 Å². The number of Topliss-reactive ketones (excluding diaryl/α,β-unsaturated/α-hetero) is 2. The summed E-state index contributed by atoms with van der Waals surface area (Å²) in [5, 5.41) is 1.85. The lowest BCUT2D eigenvalue weighted by molar-refractivity contribution is 0.0990. The topological polar surface area (TPSA) is 65.1 Å². The van der Waals surface area contributed by atoms with Crippen LogP contribution in [0.3, 0.4) is 0 Å². The van der Waals surface area contributed by atoms with Crippen molar-refractivity contribution in [1.29, 1.82) is 0 Å². The van der Waals surface area contributed by atoms with Crippen LogP contribution in [0.15, 0.2) is 113 Å². The van der Waals surface area contributed by atoms with Crippen molar-refractivity contribution < 1.29 is 14.0 Å². The van der Waals surface area contributed by atoms with Crippen molar-refractivity contribution in [1.82, 2.24) is 9.55 Å². The molecule has 0 saturated carbocycles. The number of allylic oxidation sites excluding steroid dienone is 1. The number of hydrogen-bond acceptors (Lipinski definition) is 4. The largest absolute Gasteiger partial charge is 0.436 e. The number of carbonyl (C=O) groups is 2. The van der Waals surface area contributed by atoms with Crippen molar-refractivity contribution in [3.63, 3.8) is 0 Å². The van der Waals surface area contributed by atoms with E-state index in [0.29, 0.717) is 28.4 Å². The third kappa shape index (κ3) is 3.07. The normalized spacial score (nSPS) is 13.1. The molecule has 0 amide bonds. The maximum Gasteiger partial charge on any atom is 0.246 e. The lowest BCUT2D eigenvalue weighted by atomic mass is 10.0. The zero-order valence-electron chi connectivity index (χ0n) is 19.0. The molecule has 0 spiro atoms. The highest BCUT2D eigenvalue weighted by Crippen LogP contribution is 2.34. The standard InChI is InChI=1S/C31H18N2O3/c34-29-23-15-20-11-7-8-12-21(20)16-24(23)30(35)25(29)17-28-32-31-26(33(28)22-13-5-2-6-14-22)18-27(36-31)19-9-3-1-4-10-19/h1-18H. The van der Waals surface area contributed by atoms with Gasteiger partial charge in [-0.25, -0.2) is 0 Å². The van der Waals surface area contributed by atoms with E-state index in [2.05, 4.69) is 0 Å². The van der Waals surface area contributed by atoms with Crippen LogP contribution in [0.25, 0.3) is 45.1 Å². The minimum Gasteiger partial charge on any atom is -0.436 e. The second-order valence-corrected chi connectivity index (χ2v) is 8.77. The number of aromatic nitrogens is 2. The number of para-hydroxylation sites is 1. The van der Waals surface area contributed by atoms with Gasteiger partial charge >= 0.3 is 0 Å². The Labute approximate surface area is 205 Å². The fourth-order valence-electron chi connectivity index (χ4n) is 4.85. The summed E-state index contributed by atoms with van der Waals surface area (Å²) in [6, 6.07) is 32.8. The quantitative estimate of drug-likeness (QED) is 0.210. The lowest BCUT2D eigenvalue weighted by Gasteiger charge is -2.06. The Kier molecular flexibility index (Phi) is 4.38. The summed E-state index contributed by atoms with van der Waals surface area (Å²) in [4.78, 5) is 31.4. The number of carbonyl (C=O) groups excluding carboxylic acids is 2. The van der Waals surface area contributed by atoms with Gasteiger partial charge in [0.25, 0.3) is 0 Å². The molecule has 2 aromatic heterocycles. The summed E-state index contributed by atoms with van der Waals surface area (Å²) in [6.45, 7) is 0. The van der Waals surface area contributed by atoms with Crippen LogP contribution in [0.2, 0.25) is 0 Å². The van der Waals surface area contributed by atoms with E-state index in [9.17, 15) is 9.59 Å². The summed E-state index contributed by atoms with van der Waals surface area (Å²) in [5.41, 5.74) is 3.95. The van der Waals surface area contributed by atoms with Gasteiger partial charge in [-0.1, -0.05) is 72.8 Å². The second kappa shape index (κ2) is 7.75. The van der Waals surface area contributed by atoms with Crippen molar-refractivity contribution in [3.05, 3.63) is 126 Å². The van der Waals surface area contributed by atoms with Gasteiger partial charge in [0.05, 0.1) is 5.57 Å². The predicted molar refractivity (Wildman–Crippen MR) is 139 cm³/mol. The summed E-state index contributed by atoms with van der Waals surface area (Å²) in [5.74, 6) is 0.586. The van der Waals surface area contributed by atoms with Gasteiger partial charge in [-0.2, -0.15) is 4.98 Å². The molecule has 0 atom stereocenters. The number of fused-ring (bicyclic) bond motifs is 3. The Morgan fingerprint density at radius 2 is 1.28 bits per heavy atom. The van der Waals surface area contributed by atoms with E-state index in [-0.39, 0.29) is 17.1 Å². The molecule has 0 N–H and O–H groups in total. The molecule has 4 aromatic carbocycles. The predicted octanol–water partition coefficient (Wildman–Crippen LogP) is 6.90. The zero-order valence-corrected chi connectivity index (χ0v) is 19.0. The number of rotatable bonds is 3. The average Bonchev–Trinajstić information content (AvgIpc) is 3.55. The fourth-order valence-corrected chi connectivity index (χ4v) is 4.85. The summed E-state index contributed by atoms with van der Waals surface area (Å²) < 4.78 is 8.01. The number of benzene rings is 4. The number of imidazole rings is 1. The number of furan rings is 1. The molecule has 6 aromatic rings. The fraction of sp³-hybridized carbons (Fsp3) is 0. The summed E-state index contributed by atoms with van der Waals surface area (Å²) >= 11 is 0. The summed E-state index contributed by atoms with van der Waals surface area (Å²) in [7, 11) is 0. The number of hydrogen-bond donors (Lipinski definition) is 0. The molecule has 5 nitrogen and oxygen atoms in total. The van der Waals surface area contributed by atoms with E-state index in [1.54, 1.807) is 18.2 Å². The van der Waals surface area contributed by atoms with E-state index in [4.69, 9.17) is 9.40 Å². The first-order chi connectivity index (χ1) is 17.7. The van der Waals surface area contributed by atoms with Crippen LogP contribution in [0.1, 0.15) is 26.5 Å². The van der Waals surface area contributed by atoms with Crippen LogP contribution < -0.4 is 0 Å². The molecule has 5 heteroatoms. The Morgan fingerprint density at radius 3 is 1.92 bits per heavy atom. The molecule has 7 rings (SSSR count). The van der Waals surface area contributed by atoms with Crippen LogP contribution in [0.5, 0.6) is 0 Å². The highest BCUT2D eigenvalue weighted by molar-refractivity contribution is 6.42. The van der Waals surface area contributed by atoms with Gasteiger partial charge in [0.1, 0.15) is 17.1 Å². The minimum absolute atomic E-state index is 0.105. The lowest BCUT2D eigenvalue weighted by Crippen LogP contribution is -2.03. The Hall–Kier alpha value is -5.03. The van der Waals surface area contributed by atoms with Gasteiger partial charge in [0.2, 0.25) is 5.71 Å². The molecule has 0 fully saturated rings. The van der Waals surface area contributed by atoms with E-state index in [1.165, 1.54) is 0 Å². The van der Waals surface area contributed by atoms with Crippen LogP contribution in [-0.4, -0.2) is 21.1 Å². The Morgan fingerprint density at radius 1 is 0.694 bits per heavy atom. The van der Waals surface area contributed by atoms with E-state index >= 15 is 0 Å². The molecule has 0 unspecified atom stereocenters. The van der Waals surface area contributed by atoms with Crippen LogP contribution in [-0.2, 0) is 0 Å². The van der Waals surface area contributed by atoms with Gasteiger partial charge in [0, 0.05) is 28.4 Å².